The summed E-state index contributed by atoms with van der Waals surface area (Å²) in [6.45, 7) is 2.02. The summed E-state index contributed by atoms with van der Waals surface area (Å²) in [4.78, 5) is 2.06. The summed E-state index contributed by atoms with van der Waals surface area (Å²) >= 11 is 0. The first-order valence-corrected chi connectivity index (χ1v) is 6.92. The second-order valence-electron chi connectivity index (χ2n) is 5.20. The maximum atomic E-state index is 10.1. The molecule has 0 aliphatic rings. The highest BCUT2D eigenvalue weighted by molar-refractivity contribution is 5.70. The number of anilines is 2. The number of phenolic OH excluding ortho intramolecular Hbond substituents is 1. The minimum absolute atomic E-state index is 0.0167. The van der Waals surface area contributed by atoms with Crippen LogP contribution in [0.1, 0.15) is 18.5 Å². The van der Waals surface area contributed by atoms with Gasteiger partial charge < -0.3 is 20.1 Å². The van der Waals surface area contributed by atoms with Crippen molar-refractivity contribution in [1.29, 1.82) is 0 Å². The van der Waals surface area contributed by atoms with Crippen molar-refractivity contribution in [2.45, 2.75) is 13.0 Å². The average molecular weight is 286 g/mol. The second-order valence-corrected chi connectivity index (χ2v) is 5.20. The molecule has 2 rings (SSSR count). The third-order valence-electron chi connectivity index (χ3n) is 3.46. The highest BCUT2D eigenvalue weighted by Gasteiger charge is 2.13. The van der Waals surface area contributed by atoms with Crippen molar-refractivity contribution in [3.05, 3.63) is 48.0 Å². The van der Waals surface area contributed by atoms with E-state index < -0.39 is 0 Å². The van der Waals surface area contributed by atoms with Crippen LogP contribution >= 0.6 is 0 Å². The Morgan fingerprint density at radius 2 is 1.86 bits per heavy atom. The topological polar surface area (TPSA) is 44.7 Å². The Hall–Kier alpha value is -2.36. The van der Waals surface area contributed by atoms with Crippen LogP contribution in [0.25, 0.3) is 0 Å². The number of rotatable bonds is 5. The highest BCUT2D eigenvalue weighted by Crippen LogP contribution is 2.32. The van der Waals surface area contributed by atoms with Crippen molar-refractivity contribution in [1.82, 2.24) is 0 Å². The van der Waals surface area contributed by atoms with E-state index in [0.29, 0.717) is 5.75 Å². The molecule has 0 heterocycles. The van der Waals surface area contributed by atoms with E-state index in [4.69, 9.17) is 4.74 Å². The van der Waals surface area contributed by atoms with Crippen molar-refractivity contribution in [2.24, 2.45) is 0 Å². The lowest BCUT2D eigenvalue weighted by atomic mass is 10.1. The molecule has 0 saturated heterocycles. The van der Waals surface area contributed by atoms with Gasteiger partial charge in [0.25, 0.3) is 0 Å². The molecular weight excluding hydrogens is 264 g/mol. The molecule has 0 radical (unpaired) electrons. The summed E-state index contributed by atoms with van der Waals surface area (Å²) in [6.07, 6.45) is 0. The second kappa shape index (κ2) is 6.39. The van der Waals surface area contributed by atoms with Gasteiger partial charge in [-0.2, -0.15) is 0 Å². The van der Waals surface area contributed by atoms with E-state index in [0.717, 1.165) is 16.9 Å². The Balaban J connectivity index is 2.24. The standard InChI is InChI=1S/C17H22N2O2/c1-12(14-10-9-13(21-4)11-17(14)20)18-15-7-5-6-8-16(15)19(2)3/h5-12,18,20H,1-4H3. The molecule has 4 heteroatoms. The van der Waals surface area contributed by atoms with Gasteiger partial charge in [-0.1, -0.05) is 12.1 Å². The molecule has 0 aromatic heterocycles. The molecule has 0 saturated carbocycles. The smallest absolute Gasteiger partial charge is 0.124 e. The van der Waals surface area contributed by atoms with Gasteiger partial charge in [0.05, 0.1) is 24.5 Å². The summed E-state index contributed by atoms with van der Waals surface area (Å²) in [5, 5.41) is 13.6. The molecule has 2 N–H and O–H groups in total. The van der Waals surface area contributed by atoms with E-state index in [1.165, 1.54) is 0 Å². The van der Waals surface area contributed by atoms with Crippen molar-refractivity contribution in [2.75, 3.05) is 31.4 Å². The predicted octanol–water partition coefficient (Wildman–Crippen LogP) is 3.64. The zero-order valence-electron chi connectivity index (χ0n) is 12.9. The fraction of sp³-hybridized carbons (Fsp3) is 0.294. The van der Waals surface area contributed by atoms with Gasteiger partial charge in [0.15, 0.2) is 0 Å². The van der Waals surface area contributed by atoms with Crippen LogP contribution < -0.4 is 15.0 Å². The van der Waals surface area contributed by atoms with Crippen LogP contribution in [0.3, 0.4) is 0 Å². The monoisotopic (exact) mass is 286 g/mol. The predicted molar refractivity (Wildman–Crippen MR) is 87.5 cm³/mol. The maximum absolute atomic E-state index is 10.1. The number of aromatic hydroxyl groups is 1. The molecule has 0 amide bonds. The lowest BCUT2D eigenvalue weighted by Gasteiger charge is -2.22. The van der Waals surface area contributed by atoms with E-state index in [1.54, 1.807) is 13.2 Å². The summed E-state index contributed by atoms with van der Waals surface area (Å²) in [6, 6.07) is 13.4. The van der Waals surface area contributed by atoms with Crippen molar-refractivity contribution in [3.63, 3.8) is 0 Å². The van der Waals surface area contributed by atoms with Crippen LogP contribution in [-0.4, -0.2) is 26.3 Å². The first kappa shape index (κ1) is 15.0. The number of ether oxygens (including phenoxy) is 1. The van der Waals surface area contributed by atoms with Crippen LogP contribution in [0.15, 0.2) is 42.5 Å². The molecule has 0 fully saturated rings. The molecule has 21 heavy (non-hydrogen) atoms. The van der Waals surface area contributed by atoms with Gasteiger partial charge in [0, 0.05) is 25.7 Å². The average Bonchev–Trinajstić information content (AvgIpc) is 2.47. The van der Waals surface area contributed by atoms with Gasteiger partial charge in [0.2, 0.25) is 0 Å². The summed E-state index contributed by atoms with van der Waals surface area (Å²) < 4.78 is 5.11. The first-order valence-electron chi connectivity index (χ1n) is 6.92. The quantitative estimate of drug-likeness (QED) is 0.881. The number of hydrogen-bond acceptors (Lipinski definition) is 4. The van der Waals surface area contributed by atoms with E-state index >= 15 is 0 Å². The molecular formula is C17H22N2O2. The highest BCUT2D eigenvalue weighted by atomic mass is 16.5. The fourth-order valence-corrected chi connectivity index (χ4v) is 2.31. The first-order chi connectivity index (χ1) is 10.0. The molecule has 0 bridgehead atoms. The third-order valence-corrected chi connectivity index (χ3v) is 3.46. The van der Waals surface area contributed by atoms with Gasteiger partial charge in [-0.05, 0) is 31.2 Å². The van der Waals surface area contributed by atoms with Crippen molar-refractivity contribution < 1.29 is 9.84 Å². The van der Waals surface area contributed by atoms with E-state index in [9.17, 15) is 5.11 Å². The van der Waals surface area contributed by atoms with Crippen LogP contribution in [0, 0.1) is 0 Å². The Morgan fingerprint density at radius 3 is 2.48 bits per heavy atom. The lowest BCUT2D eigenvalue weighted by molar-refractivity contribution is 0.406. The van der Waals surface area contributed by atoms with Crippen LogP contribution in [-0.2, 0) is 0 Å². The van der Waals surface area contributed by atoms with Crippen molar-refractivity contribution >= 4 is 11.4 Å². The minimum Gasteiger partial charge on any atom is -0.507 e. The Kier molecular flexibility index (Phi) is 4.58. The SMILES string of the molecule is COc1ccc(C(C)Nc2ccccc2N(C)C)c(O)c1. The van der Waals surface area contributed by atoms with Gasteiger partial charge in [0.1, 0.15) is 11.5 Å². The lowest BCUT2D eigenvalue weighted by Crippen LogP contribution is -2.14. The number of phenols is 1. The van der Waals surface area contributed by atoms with Crippen LogP contribution in [0.5, 0.6) is 11.5 Å². The number of para-hydroxylation sites is 2. The Bertz CT molecular complexity index is 611. The molecule has 2 aromatic rings. The molecule has 0 aliphatic heterocycles. The number of benzene rings is 2. The molecule has 4 nitrogen and oxygen atoms in total. The normalized spacial score (nSPS) is 11.8. The van der Waals surface area contributed by atoms with Gasteiger partial charge in [-0.15, -0.1) is 0 Å². The molecule has 1 unspecified atom stereocenters. The Morgan fingerprint density at radius 1 is 1.14 bits per heavy atom. The fourth-order valence-electron chi connectivity index (χ4n) is 2.31. The van der Waals surface area contributed by atoms with Crippen molar-refractivity contribution in [3.8, 4) is 11.5 Å². The molecule has 112 valence electrons. The number of nitrogens with one attached hydrogen (secondary N) is 1. The van der Waals surface area contributed by atoms with E-state index in [2.05, 4.69) is 16.3 Å². The van der Waals surface area contributed by atoms with E-state index in [1.807, 2.05) is 51.4 Å². The van der Waals surface area contributed by atoms with Gasteiger partial charge in [-0.25, -0.2) is 0 Å². The molecule has 0 spiro atoms. The van der Waals surface area contributed by atoms with E-state index in [-0.39, 0.29) is 11.8 Å². The summed E-state index contributed by atoms with van der Waals surface area (Å²) in [5.74, 6) is 0.883. The zero-order valence-corrected chi connectivity index (χ0v) is 12.9. The van der Waals surface area contributed by atoms with Crippen LogP contribution in [0.2, 0.25) is 0 Å². The Labute approximate surface area is 126 Å². The molecule has 2 aromatic carbocycles. The summed E-state index contributed by atoms with van der Waals surface area (Å²) in [7, 11) is 5.61. The molecule has 0 aliphatic carbocycles. The zero-order chi connectivity index (χ0) is 15.4. The number of methoxy groups -OCH3 is 1. The number of hydrogen-bond donors (Lipinski definition) is 2. The van der Waals surface area contributed by atoms with Gasteiger partial charge in [-0.3, -0.25) is 0 Å². The largest absolute Gasteiger partial charge is 0.507 e. The van der Waals surface area contributed by atoms with Crippen LogP contribution in [0.4, 0.5) is 11.4 Å². The molecule has 1 atom stereocenters. The summed E-state index contributed by atoms with van der Waals surface area (Å²) in [5.41, 5.74) is 2.98. The third kappa shape index (κ3) is 3.40. The minimum atomic E-state index is -0.0167. The van der Waals surface area contributed by atoms with Gasteiger partial charge >= 0.3 is 0 Å². The maximum Gasteiger partial charge on any atom is 0.124 e. The number of nitrogens with zero attached hydrogens (tertiary/aromatic N) is 1.